The second-order valence-corrected chi connectivity index (χ2v) is 5.33. The summed E-state index contributed by atoms with van der Waals surface area (Å²) in [5.74, 6) is 0.370. The maximum Gasteiger partial charge on any atom is 0.259 e. The first-order valence-electron chi connectivity index (χ1n) is 6.37. The highest BCUT2D eigenvalue weighted by molar-refractivity contribution is 7.80. The lowest BCUT2D eigenvalue weighted by molar-refractivity contribution is -0.496. The normalized spacial score (nSPS) is 12.2. The van der Waals surface area contributed by atoms with Gasteiger partial charge in [0.05, 0.1) is 5.69 Å². The molecule has 0 aliphatic rings. The van der Waals surface area contributed by atoms with Gasteiger partial charge in [-0.05, 0) is 18.2 Å². The van der Waals surface area contributed by atoms with Crippen molar-refractivity contribution in [2.45, 2.75) is 26.4 Å². The number of nitrogens with zero attached hydrogens (tertiary/aromatic N) is 1. The molecule has 0 radical (unpaired) electrons. The standard InChI is InChI=1S/C12H19N3O5S/c1-9(2)13-5-6-20-12-4-3-10(8-15(16)17)7-11(12)14-21(18)19/h3-4,7,9,13-14H,5-6,8H2,1-2H3,(H,18,19). The molecule has 0 spiro atoms. The molecular formula is C12H19N3O5S. The Morgan fingerprint density at radius 1 is 1.48 bits per heavy atom. The van der Waals surface area contributed by atoms with Crippen LogP contribution in [-0.2, 0) is 17.8 Å². The fourth-order valence-electron chi connectivity index (χ4n) is 1.63. The average Bonchev–Trinajstić information content (AvgIpc) is 2.35. The van der Waals surface area contributed by atoms with Crippen molar-refractivity contribution in [1.29, 1.82) is 0 Å². The Bertz CT molecular complexity index is 510. The molecule has 118 valence electrons. The summed E-state index contributed by atoms with van der Waals surface area (Å²) in [6, 6.07) is 4.86. The highest BCUT2D eigenvalue weighted by Crippen LogP contribution is 2.26. The first-order chi connectivity index (χ1) is 9.88. The fourth-order valence-corrected chi connectivity index (χ4v) is 1.98. The molecule has 0 aromatic heterocycles. The second-order valence-electron chi connectivity index (χ2n) is 4.63. The molecule has 1 aromatic rings. The van der Waals surface area contributed by atoms with Crippen LogP contribution in [0.3, 0.4) is 0 Å². The Morgan fingerprint density at radius 2 is 2.19 bits per heavy atom. The molecule has 1 unspecified atom stereocenters. The van der Waals surface area contributed by atoms with E-state index in [2.05, 4.69) is 10.0 Å². The summed E-state index contributed by atoms with van der Waals surface area (Å²) in [5.41, 5.74) is 0.667. The van der Waals surface area contributed by atoms with Gasteiger partial charge in [0, 0.05) is 23.1 Å². The molecule has 0 fully saturated rings. The summed E-state index contributed by atoms with van der Waals surface area (Å²) in [7, 11) is 0. The summed E-state index contributed by atoms with van der Waals surface area (Å²) in [6.45, 7) is 4.65. The first kappa shape index (κ1) is 17.3. The van der Waals surface area contributed by atoms with Crippen LogP contribution in [0.1, 0.15) is 19.4 Å². The van der Waals surface area contributed by atoms with Crippen LogP contribution < -0.4 is 14.8 Å². The van der Waals surface area contributed by atoms with Crippen LogP contribution in [-0.4, -0.2) is 32.9 Å². The van der Waals surface area contributed by atoms with Crippen molar-refractivity contribution >= 4 is 17.0 Å². The van der Waals surface area contributed by atoms with Crippen molar-refractivity contribution in [3.05, 3.63) is 33.9 Å². The van der Waals surface area contributed by atoms with Crippen LogP contribution in [0.2, 0.25) is 0 Å². The molecule has 0 saturated carbocycles. The maximum absolute atomic E-state index is 10.9. The lowest BCUT2D eigenvalue weighted by Gasteiger charge is -2.13. The molecule has 1 rings (SSSR count). The third-order valence-corrected chi connectivity index (χ3v) is 2.86. The minimum Gasteiger partial charge on any atom is -0.490 e. The Hall–Kier alpha value is -1.71. The minimum atomic E-state index is -2.28. The Labute approximate surface area is 125 Å². The van der Waals surface area contributed by atoms with E-state index in [1.807, 2.05) is 13.8 Å². The van der Waals surface area contributed by atoms with Crippen LogP contribution in [0.4, 0.5) is 5.69 Å². The van der Waals surface area contributed by atoms with Gasteiger partial charge in [0.15, 0.2) is 0 Å². The van der Waals surface area contributed by atoms with Crippen LogP contribution in [0.25, 0.3) is 0 Å². The van der Waals surface area contributed by atoms with Crippen molar-refractivity contribution in [3.63, 3.8) is 0 Å². The van der Waals surface area contributed by atoms with Crippen molar-refractivity contribution in [2.24, 2.45) is 0 Å². The smallest absolute Gasteiger partial charge is 0.259 e. The minimum absolute atomic E-state index is 0.250. The van der Waals surface area contributed by atoms with E-state index in [0.717, 1.165) is 0 Å². The second kappa shape index (κ2) is 8.55. The number of rotatable bonds is 9. The predicted octanol–water partition coefficient (Wildman–Crippen LogP) is 1.39. The van der Waals surface area contributed by atoms with E-state index >= 15 is 0 Å². The molecule has 0 bridgehead atoms. The van der Waals surface area contributed by atoms with Gasteiger partial charge in [-0.25, -0.2) is 4.21 Å². The van der Waals surface area contributed by atoms with Gasteiger partial charge in [-0.15, -0.1) is 0 Å². The summed E-state index contributed by atoms with van der Waals surface area (Å²) < 4.78 is 27.6. The topological polar surface area (TPSA) is 114 Å². The molecule has 0 saturated heterocycles. The van der Waals surface area contributed by atoms with Gasteiger partial charge in [-0.3, -0.25) is 19.4 Å². The number of hydrogen-bond donors (Lipinski definition) is 3. The Balaban J connectivity index is 2.76. The number of anilines is 1. The molecule has 0 aliphatic heterocycles. The van der Waals surface area contributed by atoms with Crippen molar-refractivity contribution in [3.8, 4) is 5.75 Å². The van der Waals surface area contributed by atoms with E-state index < -0.39 is 16.2 Å². The third kappa shape index (κ3) is 7.02. The summed E-state index contributed by atoms with van der Waals surface area (Å²) in [6.07, 6.45) is 0. The fraction of sp³-hybridized carbons (Fsp3) is 0.500. The number of ether oxygens (including phenoxy) is 1. The molecule has 0 heterocycles. The quantitative estimate of drug-likeness (QED) is 0.274. The van der Waals surface area contributed by atoms with Crippen molar-refractivity contribution < 1.29 is 18.4 Å². The largest absolute Gasteiger partial charge is 0.490 e. The highest BCUT2D eigenvalue weighted by atomic mass is 32.2. The lowest BCUT2D eigenvalue weighted by atomic mass is 10.2. The molecular weight excluding hydrogens is 298 g/mol. The van der Waals surface area contributed by atoms with Crippen molar-refractivity contribution in [1.82, 2.24) is 5.32 Å². The average molecular weight is 317 g/mol. The molecule has 1 aromatic carbocycles. The molecule has 3 N–H and O–H groups in total. The van der Waals surface area contributed by atoms with Gasteiger partial charge in [0.25, 0.3) is 11.3 Å². The van der Waals surface area contributed by atoms with Crippen LogP contribution >= 0.6 is 0 Å². The van der Waals surface area contributed by atoms with Gasteiger partial charge in [0.2, 0.25) is 6.54 Å². The first-order valence-corrected chi connectivity index (χ1v) is 7.47. The Kier molecular flexibility index (Phi) is 7.06. The number of hydrogen-bond acceptors (Lipinski definition) is 5. The summed E-state index contributed by atoms with van der Waals surface area (Å²) in [4.78, 5) is 10.0. The Morgan fingerprint density at radius 3 is 2.76 bits per heavy atom. The monoisotopic (exact) mass is 317 g/mol. The van der Waals surface area contributed by atoms with E-state index in [0.29, 0.717) is 30.5 Å². The van der Waals surface area contributed by atoms with Gasteiger partial charge in [-0.2, -0.15) is 0 Å². The van der Waals surface area contributed by atoms with E-state index in [4.69, 9.17) is 9.29 Å². The lowest BCUT2D eigenvalue weighted by Crippen LogP contribution is -2.27. The molecule has 0 aliphatic carbocycles. The number of benzene rings is 1. The van der Waals surface area contributed by atoms with Crippen LogP contribution in [0.15, 0.2) is 18.2 Å². The van der Waals surface area contributed by atoms with Gasteiger partial charge < -0.3 is 10.1 Å². The molecule has 21 heavy (non-hydrogen) atoms. The highest BCUT2D eigenvalue weighted by Gasteiger charge is 2.10. The zero-order valence-corrected chi connectivity index (χ0v) is 12.7. The zero-order chi connectivity index (χ0) is 15.8. The molecule has 0 amide bonds. The van der Waals surface area contributed by atoms with E-state index in [9.17, 15) is 14.3 Å². The van der Waals surface area contributed by atoms with Gasteiger partial charge in [0.1, 0.15) is 12.4 Å². The number of nitro groups is 1. The maximum atomic E-state index is 10.9. The predicted molar refractivity (Wildman–Crippen MR) is 80.2 cm³/mol. The van der Waals surface area contributed by atoms with Crippen LogP contribution in [0.5, 0.6) is 5.75 Å². The van der Waals surface area contributed by atoms with Crippen molar-refractivity contribution in [2.75, 3.05) is 17.9 Å². The number of nitrogens with one attached hydrogen (secondary N) is 2. The molecule has 9 heteroatoms. The summed E-state index contributed by atoms with van der Waals surface area (Å²) in [5, 5.41) is 13.7. The van der Waals surface area contributed by atoms with Gasteiger partial charge in [-0.1, -0.05) is 13.8 Å². The third-order valence-electron chi connectivity index (χ3n) is 2.47. The van der Waals surface area contributed by atoms with E-state index in [-0.39, 0.29) is 12.2 Å². The zero-order valence-electron chi connectivity index (χ0n) is 11.9. The van der Waals surface area contributed by atoms with Gasteiger partial charge >= 0.3 is 0 Å². The SMILES string of the molecule is CC(C)NCCOc1ccc(C[N+](=O)[O-])cc1NS(=O)O. The molecule has 8 nitrogen and oxygen atoms in total. The molecule has 1 atom stereocenters. The summed E-state index contributed by atoms with van der Waals surface area (Å²) >= 11 is -2.28. The van der Waals surface area contributed by atoms with E-state index in [1.54, 1.807) is 12.1 Å². The van der Waals surface area contributed by atoms with Crippen LogP contribution in [0, 0.1) is 10.1 Å². The van der Waals surface area contributed by atoms with E-state index in [1.165, 1.54) is 6.07 Å².